The number of aryl methyl sites for hydroxylation is 1. The van der Waals surface area contributed by atoms with Crippen LogP contribution in [-0.2, 0) is 9.59 Å². The van der Waals surface area contributed by atoms with E-state index in [4.69, 9.17) is 0 Å². The molecule has 7 heteroatoms. The number of rotatable bonds is 9. The number of imide groups is 1. The highest BCUT2D eigenvalue weighted by Crippen LogP contribution is 2.45. The van der Waals surface area contributed by atoms with Crippen LogP contribution >= 0.6 is 0 Å². The molecular formula is C26H40N4O3. The van der Waals surface area contributed by atoms with E-state index in [1.54, 1.807) is 0 Å². The summed E-state index contributed by atoms with van der Waals surface area (Å²) in [5.74, 6) is -0.00733. The van der Waals surface area contributed by atoms with Gasteiger partial charge in [-0.2, -0.15) is 0 Å². The smallest absolute Gasteiger partial charge is 0.325 e. The van der Waals surface area contributed by atoms with Crippen molar-refractivity contribution in [2.75, 3.05) is 31.1 Å². The maximum Gasteiger partial charge on any atom is 0.325 e. The first kappa shape index (κ1) is 25.1. The number of hydrogen-bond donors (Lipinski definition) is 2. The minimum absolute atomic E-state index is 0.229. The molecule has 1 spiro atoms. The van der Waals surface area contributed by atoms with Gasteiger partial charge in [-0.3, -0.25) is 14.5 Å². The number of nitrogens with one attached hydrogen (secondary N) is 2. The molecular weight excluding hydrogens is 416 g/mol. The molecule has 1 saturated carbocycles. The molecule has 2 N–H and O–H groups in total. The van der Waals surface area contributed by atoms with E-state index in [1.165, 1.54) is 5.56 Å². The van der Waals surface area contributed by atoms with Crippen LogP contribution in [0.3, 0.4) is 0 Å². The van der Waals surface area contributed by atoms with Gasteiger partial charge < -0.3 is 15.5 Å². The van der Waals surface area contributed by atoms with Crippen molar-refractivity contribution < 1.29 is 14.4 Å². The lowest BCUT2D eigenvalue weighted by molar-refractivity contribution is -0.136. The largest absolute Gasteiger partial charge is 0.370 e. The quantitative estimate of drug-likeness (QED) is 0.553. The molecule has 1 aromatic rings. The van der Waals surface area contributed by atoms with Crippen molar-refractivity contribution in [1.29, 1.82) is 0 Å². The summed E-state index contributed by atoms with van der Waals surface area (Å²) < 4.78 is 0. The molecule has 1 aromatic carbocycles. The molecule has 3 rings (SSSR count). The lowest BCUT2D eigenvalue weighted by Gasteiger charge is -2.42. The first-order valence-corrected chi connectivity index (χ1v) is 12.3. The van der Waals surface area contributed by atoms with Crippen LogP contribution in [-0.4, -0.2) is 54.5 Å². The van der Waals surface area contributed by atoms with Crippen molar-refractivity contribution in [1.82, 2.24) is 15.5 Å². The number of hydrogen-bond acceptors (Lipinski definition) is 4. The third-order valence-electron chi connectivity index (χ3n) is 7.86. The number of benzene rings is 1. The van der Waals surface area contributed by atoms with E-state index >= 15 is 0 Å². The molecule has 7 nitrogen and oxygen atoms in total. The first-order valence-electron chi connectivity index (χ1n) is 12.3. The first-order chi connectivity index (χ1) is 15.6. The van der Waals surface area contributed by atoms with Gasteiger partial charge in [-0.15, -0.1) is 0 Å². The lowest BCUT2D eigenvalue weighted by atomic mass is 9.65. The van der Waals surface area contributed by atoms with Gasteiger partial charge in [-0.05, 0) is 68.6 Å². The fourth-order valence-corrected chi connectivity index (χ4v) is 5.16. The van der Waals surface area contributed by atoms with E-state index in [0.29, 0.717) is 31.8 Å². The summed E-state index contributed by atoms with van der Waals surface area (Å²) >= 11 is 0. The van der Waals surface area contributed by atoms with Crippen molar-refractivity contribution in [3.05, 3.63) is 29.8 Å². The molecule has 2 fully saturated rings. The van der Waals surface area contributed by atoms with E-state index in [1.807, 2.05) is 6.07 Å². The van der Waals surface area contributed by atoms with Gasteiger partial charge in [0.05, 0.1) is 0 Å². The minimum atomic E-state index is -0.831. The Morgan fingerprint density at radius 2 is 1.94 bits per heavy atom. The van der Waals surface area contributed by atoms with Gasteiger partial charge in [0, 0.05) is 25.3 Å². The van der Waals surface area contributed by atoms with Crippen LogP contribution in [0, 0.1) is 18.3 Å². The number of anilines is 1. The second kappa shape index (κ2) is 10.1. The van der Waals surface area contributed by atoms with Gasteiger partial charge in [0.15, 0.2) is 0 Å². The SMILES string of the molecule is CCN(CCNC(=O)CN1C(=O)NC2(CCC(C(C)(C)CC)CC2)C1=O)c1cccc(C)c1. The molecule has 1 aliphatic heterocycles. The summed E-state index contributed by atoms with van der Waals surface area (Å²) in [6.07, 6.45) is 4.21. The number of carbonyl (C=O) groups is 3. The highest BCUT2D eigenvalue weighted by molar-refractivity contribution is 6.09. The van der Waals surface area contributed by atoms with Crippen LogP contribution in [0.1, 0.15) is 65.4 Å². The molecule has 1 heterocycles. The van der Waals surface area contributed by atoms with Crippen LogP contribution < -0.4 is 15.5 Å². The van der Waals surface area contributed by atoms with Crippen molar-refractivity contribution in [3.8, 4) is 0 Å². The molecule has 33 heavy (non-hydrogen) atoms. The Labute approximate surface area is 198 Å². The molecule has 1 aliphatic carbocycles. The zero-order valence-electron chi connectivity index (χ0n) is 20.9. The average molecular weight is 457 g/mol. The van der Waals surface area contributed by atoms with Crippen LogP contribution in [0.15, 0.2) is 24.3 Å². The van der Waals surface area contributed by atoms with Crippen LogP contribution in [0.5, 0.6) is 0 Å². The van der Waals surface area contributed by atoms with Crippen molar-refractivity contribution in [3.63, 3.8) is 0 Å². The van der Waals surface area contributed by atoms with Crippen molar-refractivity contribution >= 4 is 23.5 Å². The molecule has 0 aromatic heterocycles. The molecule has 0 radical (unpaired) electrons. The van der Waals surface area contributed by atoms with E-state index in [9.17, 15) is 14.4 Å². The number of carbonyl (C=O) groups excluding carboxylic acids is 3. The summed E-state index contributed by atoms with van der Waals surface area (Å²) in [7, 11) is 0. The average Bonchev–Trinajstić information content (AvgIpc) is 3.01. The summed E-state index contributed by atoms with van der Waals surface area (Å²) in [5, 5.41) is 5.80. The summed E-state index contributed by atoms with van der Waals surface area (Å²) in [6, 6.07) is 7.81. The van der Waals surface area contributed by atoms with Crippen molar-refractivity contribution in [2.24, 2.45) is 11.3 Å². The van der Waals surface area contributed by atoms with Gasteiger partial charge in [0.1, 0.15) is 12.1 Å². The lowest BCUT2D eigenvalue weighted by Crippen LogP contribution is -2.51. The molecule has 1 saturated heterocycles. The highest BCUT2D eigenvalue weighted by Gasteiger charge is 2.53. The van der Waals surface area contributed by atoms with Gasteiger partial charge >= 0.3 is 6.03 Å². The van der Waals surface area contributed by atoms with Crippen LogP contribution in [0.25, 0.3) is 0 Å². The summed E-state index contributed by atoms with van der Waals surface area (Å²) in [4.78, 5) is 41.6. The molecule has 182 valence electrons. The molecule has 4 amide bonds. The molecule has 0 atom stereocenters. The normalized spacial score (nSPS) is 23.1. The molecule has 0 unspecified atom stereocenters. The zero-order chi connectivity index (χ0) is 24.2. The molecule has 2 aliphatic rings. The third kappa shape index (κ3) is 5.50. The number of nitrogens with zero attached hydrogens (tertiary/aromatic N) is 2. The topological polar surface area (TPSA) is 81.8 Å². The molecule has 0 bridgehead atoms. The predicted octanol–water partition coefficient (Wildman–Crippen LogP) is 3.85. The Morgan fingerprint density at radius 3 is 2.55 bits per heavy atom. The van der Waals surface area contributed by atoms with Gasteiger partial charge in [0.25, 0.3) is 5.91 Å². The van der Waals surface area contributed by atoms with E-state index < -0.39 is 11.6 Å². The Bertz CT molecular complexity index is 874. The van der Waals surface area contributed by atoms with Gasteiger partial charge in [-0.25, -0.2) is 4.79 Å². The van der Waals surface area contributed by atoms with Gasteiger partial charge in [-0.1, -0.05) is 39.3 Å². The highest BCUT2D eigenvalue weighted by atomic mass is 16.2. The maximum atomic E-state index is 13.2. The van der Waals surface area contributed by atoms with E-state index in [0.717, 1.165) is 36.4 Å². The number of likely N-dealkylation sites (N-methyl/N-ethyl adjacent to an activating group) is 1. The van der Waals surface area contributed by atoms with E-state index in [-0.39, 0.29) is 23.8 Å². The minimum Gasteiger partial charge on any atom is -0.370 e. The maximum absolute atomic E-state index is 13.2. The standard InChI is InChI=1S/C26H40N4O3/c1-6-25(4,5)20-11-13-26(14-12-20)23(32)30(24(33)28-26)18-22(31)27-15-16-29(7-2)21-10-8-9-19(3)17-21/h8-10,17,20H,6-7,11-16,18H2,1-5H3,(H,27,31)(H,28,33). The monoisotopic (exact) mass is 456 g/mol. The predicted molar refractivity (Wildman–Crippen MR) is 131 cm³/mol. The summed E-state index contributed by atoms with van der Waals surface area (Å²) in [6.45, 7) is 12.6. The Morgan fingerprint density at radius 1 is 1.24 bits per heavy atom. The Kier molecular flexibility index (Phi) is 7.70. The Hall–Kier alpha value is -2.57. The Balaban J connectivity index is 1.51. The fourth-order valence-electron chi connectivity index (χ4n) is 5.16. The second-order valence-corrected chi connectivity index (χ2v) is 10.3. The number of amides is 4. The van der Waals surface area contributed by atoms with Gasteiger partial charge in [0.2, 0.25) is 5.91 Å². The van der Waals surface area contributed by atoms with Crippen LogP contribution in [0.2, 0.25) is 0 Å². The van der Waals surface area contributed by atoms with Crippen molar-refractivity contribution in [2.45, 2.75) is 72.3 Å². The third-order valence-corrected chi connectivity index (χ3v) is 7.86. The summed E-state index contributed by atoms with van der Waals surface area (Å²) in [5.41, 5.74) is 1.71. The zero-order valence-corrected chi connectivity index (χ0v) is 20.9. The number of urea groups is 1. The fraction of sp³-hybridized carbons (Fsp3) is 0.654. The second-order valence-electron chi connectivity index (χ2n) is 10.3. The van der Waals surface area contributed by atoms with Crippen LogP contribution in [0.4, 0.5) is 10.5 Å². The van der Waals surface area contributed by atoms with E-state index in [2.05, 4.69) is 68.4 Å².